The zero-order valence-corrected chi connectivity index (χ0v) is 26.4. The van der Waals surface area contributed by atoms with Gasteiger partial charge in [0.05, 0.1) is 12.1 Å². The van der Waals surface area contributed by atoms with Gasteiger partial charge in [0.25, 0.3) is 5.91 Å². The molecule has 5 amide bonds. The van der Waals surface area contributed by atoms with Crippen molar-refractivity contribution in [1.29, 1.82) is 0 Å². The molecule has 11 nitrogen and oxygen atoms in total. The monoisotopic (exact) mass is 627 g/mol. The van der Waals surface area contributed by atoms with Crippen LogP contribution in [0.5, 0.6) is 0 Å². The fraction of sp³-hybridized carbons (Fsp3) is 0.793. The number of Topliss-reactive ketones (excluding diaryl/α,β-unsaturated/α-hetero) is 2. The molecule has 1 aliphatic heterocycles. The number of urea groups is 1. The lowest BCUT2D eigenvalue weighted by molar-refractivity contribution is -0.144. The van der Waals surface area contributed by atoms with Crippen molar-refractivity contribution >= 4 is 58.5 Å². The van der Waals surface area contributed by atoms with Crippen molar-refractivity contribution in [1.82, 2.24) is 20.9 Å². The number of nitrogens with zero attached hydrogens (tertiary/aromatic N) is 1. The average Bonchev–Trinajstić information content (AvgIpc) is 3.80. The minimum Gasteiger partial charge on any atom is -0.363 e. The number of primary amides is 1. The first kappa shape index (κ1) is 32.5. The Labute approximate surface area is 256 Å². The summed E-state index contributed by atoms with van der Waals surface area (Å²) in [4.78, 5) is 79.5. The van der Waals surface area contributed by atoms with E-state index in [-0.39, 0.29) is 42.4 Å². The van der Waals surface area contributed by atoms with Gasteiger partial charge in [-0.1, -0.05) is 47.5 Å². The number of fused-ring (bicyclic) bond motifs is 1. The third-order valence-electron chi connectivity index (χ3n) is 9.02. The van der Waals surface area contributed by atoms with Gasteiger partial charge in [-0.05, 0) is 48.9 Å². The summed E-state index contributed by atoms with van der Waals surface area (Å²) in [5.41, 5.74) is 4.48. The molecule has 5 N–H and O–H groups in total. The molecule has 42 heavy (non-hydrogen) atoms. The van der Waals surface area contributed by atoms with Crippen LogP contribution in [0.2, 0.25) is 0 Å². The zero-order valence-electron chi connectivity index (χ0n) is 24.9. The van der Waals surface area contributed by atoms with Crippen LogP contribution < -0.4 is 21.7 Å². The molecule has 1 saturated heterocycles. The molecule has 1 unspecified atom stereocenters. The van der Waals surface area contributed by atoms with E-state index in [1.165, 1.54) is 4.90 Å². The third kappa shape index (κ3) is 7.04. The number of carbonyl (C=O) groups excluding carboxylic acids is 6. The highest BCUT2D eigenvalue weighted by Crippen LogP contribution is 2.58. The maximum Gasteiger partial charge on any atom is 0.316 e. The summed E-state index contributed by atoms with van der Waals surface area (Å²) >= 11 is 13.0. The first-order valence-electron chi connectivity index (χ1n) is 14.9. The second kappa shape index (κ2) is 11.9. The Hall–Kier alpha value is -2.40. The van der Waals surface area contributed by atoms with Crippen LogP contribution in [0.3, 0.4) is 0 Å². The Kier molecular flexibility index (Phi) is 9.24. The van der Waals surface area contributed by atoms with Gasteiger partial charge < -0.3 is 26.6 Å². The maximum absolute atomic E-state index is 14.2. The first-order chi connectivity index (χ1) is 19.4. The van der Waals surface area contributed by atoms with Crippen LogP contribution in [0.4, 0.5) is 4.79 Å². The van der Waals surface area contributed by atoms with Crippen LogP contribution in [0.15, 0.2) is 0 Å². The Morgan fingerprint density at radius 2 is 1.60 bits per heavy atom. The summed E-state index contributed by atoms with van der Waals surface area (Å²) in [6, 6.07) is -4.50. The number of nitrogens with two attached hydrogens (primary N) is 1. The van der Waals surface area contributed by atoms with Gasteiger partial charge in [-0.3, -0.25) is 24.0 Å². The Morgan fingerprint density at radius 3 is 2.07 bits per heavy atom. The van der Waals surface area contributed by atoms with Gasteiger partial charge in [0.15, 0.2) is 5.78 Å². The van der Waals surface area contributed by atoms with Gasteiger partial charge in [-0.2, -0.15) is 0 Å². The Morgan fingerprint density at radius 1 is 0.976 bits per heavy atom. The van der Waals surface area contributed by atoms with Gasteiger partial charge in [0.2, 0.25) is 17.6 Å². The number of ketones is 2. The number of rotatable bonds is 12. The van der Waals surface area contributed by atoms with E-state index in [2.05, 4.69) is 16.0 Å². The molecule has 0 spiro atoms. The molecule has 0 radical (unpaired) electrons. The Balaban J connectivity index is 1.54. The summed E-state index contributed by atoms with van der Waals surface area (Å²) in [7, 11) is 0. The normalized spacial score (nSPS) is 26.8. The summed E-state index contributed by atoms with van der Waals surface area (Å²) in [5, 5.41) is 8.22. The highest BCUT2D eigenvalue weighted by atomic mass is 35.5. The van der Waals surface area contributed by atoms with Crippen LogP contribution in [-0.2, 0) is 24.0 Å². The fourth-order valence-electron chi connectivity index (χ4n) is 6.14. The van der Waals surface area contributed by atoms with Crippen LogP contribution in [-0.4, -0.2) is 75.3 Å². The topological polar surface area (TPSA) is 168 Å². The molecule has 0 bridgehead atoms. The van der Waals surface area contributed by atoms with E-state index in [0.717, 1.165) is 25.7 Å². The van der Waals surface area contributed by atoms with Crippen molar-refractivity contribution in [3.05, 3.63) is 0 Å². The third-order valence-corrected chi connectivity index (χ3v) is 9.89. The van der Waals surface area contributed by atoms with E-state index in [0.29, 0.717) is 6.42 Å². The van der Waals surface area contributed by atoms with Crippen molar-refractivity contribution in [2.45, 2.75) is 102 Å². The molecule has 0 aromatic carbocycles. The number of carbonyl (C=O) groups is 6. The van der Waals surface area contributed by atoms with Crippen molar-refractivity contribution in [2.75, 3.05) is 6.54 Å². The van der Waals surface area contributed by atoms with Crippen molar-refractivity contribution in [3.63, 3.8) is 0 Å². The second-order valence-corrected chi connectivity index (χ2v) is 15.5. The molecule has 0 aromatic heterocycles. The predicted molar refractivity (Wildman–Crippen MR) is 156 cm³/mol. The molecule has 1 heterocycles. The smallest absolute Gasteiger partial charge is 0.316 e. The van der Waals surface area contributed by atoms with E-state index in [1.807, 2.05) is 13.8 Å². The second-order valence-electron chi connectivity index (χ2n) is 14.0. The molecule has 13 heteroatoms. The quantitative estimate of drug-likeness (QED) is 0.191. The number of hydrogen-bond donors (Lipinski definition) is 4. The van der Waals surface area contributed by atoms with E-state index < -0.39 is 69.4 Å². The largest absolute Gasteiger partial charge is 0.363 e. The SMILES string of the molecule is CC(C)[C@H](NC(=O)N[C@H](C(=O)N1C[C@H]2[C@H](CC2(Cl)Cl)[C@H]1C(=O)NC(CC1CC1)C(=O)C(N)=O)C(C)(C)C)C(=O)C1CC1. The summed E-state index contributed by atoms with van der Waals surface area (Å²) in [6.45, 7) is 9.15. The lowest BCUT2D eigenvalue weighted by Gasteiger charge is -2.44. The highest BCUT2D eigenvalue weighted by Gasteiger charge is 2.64. The molecule has 3 aliphatic carbocycles. The zero-order chi connectivity index (χ0) is 31.3. The molecule has 234 valence electrons. The van der Waals surface area contributed by atoms with Gasteiger partial charge in [0, 0.05) is 18.4 Å². The van der Waals surface area contributed by atoms with Gasteiger partial charge in [-0.15, -0.1) is 23.2 Å². The first-order valence-corrected chi connectivity index (χ1v) is 15.6. The van der Waals surface area contributed by atoms with E-state index in [1.54, 1.807) is 20.8 Å². The average molecular weight is 629 g/mol. The molecule has 4 fully saturated rings. The minimum absolute atomic E-state index is 0.0153. The van der Waals surface area contributed by atoms with Gasteiger partial charge >= 0.3 is 6.03 Å². The molecule has 4 aliphatic rings. The standard InChI is InChI=1S/C29H43Cl2N5O6/c1-13(2)19(21(37)15-8-9-15)34-27(42)35-23(28(3,4)5)26(41)36-12-17-16(11-29(17,30)31)20(36)25(40)33-18(10-14-6-7-14)22(38)24(32)39/h13-20,23H,6-12H2,1-5H3,(H2,32,39)(H,33,40)(H2,34,35,42)/t16-,17-,18?,19-,20-,23+/m0/s1. The van der Waals surface area contributed by atoms with E-state index in [9.17, 15) is 28.8 Å². The molecule has 6 atom stereocenters. The maximum atomic E-state index is 14.2. The summed E-state index contributed by atoms with van der Waals surface area (Å²) < 4.78 is -1.13. The number of nitrogens with one attached hydrogen (secondary N) is 3. The van der Waals surface area contributed by atoms with Crippen LogP contribution in [0, 0.1) is 35.0 Å². The molecule has 0 aromatic rings. The van der Waals surface area contributed by atoms with Crippen LogP contribution in [0.25, 0.3) is 0 Å². The van der Waals surface area contributed by atoms with E-state index in [4.69, 9.17) is 28.9 Å². The van der Waals surface area contributed by atoms with Gasteiger partial charge in [0.1, 0.15) is 16.4 Å². The Bertz CT molecular complexity index is 1150. The molecule has 4 rings (SSSR count). The predicted octanol–water partition coefficient (Wildman–Crippen LogP) is 2.06. The van der Waals surface area contributed by atoms with Crippen LogP contribution >= 0.6 is 23.2 Å². The van der Waals surface area contributed by atoms with Crippen molar-refractivity contribution < 1.29 is 28.8 Å². The van der Waals surface area contributed by atoms with Gasteiger partial charge in [-0.25, -0.2) is 4.79 Å². The van der Waals surface area contributed by atoms with E-state index >= 15 is 0 Å². The molecular weight excluding hydrogens is 585 g/mol. The number of likely N-dealkylation sites (tertiary alicyclic amines) is 1. The lowest BCUT2D eigenvalue weighted by Crippen LogP contribution is -2.62. The molecule has 3 saturated carbocycles. The number of halogens is 2. The summed E-state index contributed by atoms with van der Waals surface area (Å²) in [5.74, 6) is -3.87. The van der Waals surface area contributed by atoms with Crippen molar-refractivity contribution in [2.24, 2.45) is 40.7 Å². The minimum atomic E-state index is -1.13. The van der Waals surface area contributed by atoms with Crippen LogP contribution in [0.1, 0.15) is 73.1 Å². The summed E-state index contributed by atoms with van der Waals surface area (Å²) in [6.07, 6.45) is 3.95. The number of alkyl halides is 2. The fourth-order valence-corrected chi connectivity index (χ4v) is 6.96. The van der Waals surface area contributed by atoms with Crippen molar-refractivity contribution in [3.8, 4) is 0 Å². The number of hydrogen-bond acceptors (Lipinski definition) is 6. The highest BCUT2D eigenvalue weighted by molar-refractivity contribution is 6.49. The lowest BCUT2D eigenvalue weighted by atomic mass is 9.71. The molecular formula is C29H43Cl2N5O6. The number of amides is 5.